The molecule has 0 unspecified atom stereocenters. The van der Waals surface area contributed by atoms with E-state index >= 15 is 0 Å². The molecule has 1 amide bonds. The molecule has 0 saturated heterocycles. The van der Waals surface area contributed by atoms with E-state index < -0.39 is 15.8 Å². The molecule has 26 heavy (non-hydrogen) atoms. The van der Waals surface area contributed by atoms with E-state index in [1.54, 1.807) is 17.0 Å². The van der Waals surface area contributed by atoms with Gasteiger partial charge in [0.2, 0.25) is 5.91 Å². The Labute approximate surface area is 151 Å². The Morgan fingerprint density at radius 2 is 1.96 bits per heavy atom. The van der Waals surface area contributed by atoms with Gasteiger partial charge in [-0.3, -0.25) is 9.52 Å². The van der Waals surface area contributed by atoms with Crippen molar-refractivity contribution in [2.45, 2.75) is 37.1 Å². The van der Waals surface area contributed by atoms with Crippen LogP contribution >= 0.6 is 0 Å². The van der Waals surface area contributed by atoms with Gasteiger partial charge < -0.3 is 4.90 Å². The number of hydrogen-bond donors (Lipinski definition) is 1. The highest BCUT2D eigenvalue weighted by Crippen LogP contribution is 2.39. The summed E-state index contributed by atoms with van der Waals surface area (Å²) in [6, 6.07) is 10.1. The van der Waals surface area contributed by atoms with E-state index in [-0.39, 0.29) is 28.4 Å². The molecule has 2 aliphatic rings. The first-order valence-electron chi connectivity index (χ1n) is 8.59. The molecule has 2 aromatic carbocycles. The van der Waals surface area contributed by atoms with E-state index in [0.717, 1.165) is 30.2 Å². The third kappa shape index (κ3) is 3.07. The maximum atomic E-state index is 13.3. The molecule has 1 atom stereocenters. The molecule has 1 N–H and O–H groups in total. The minimum absolute atomic E-state index is 0.0206. The lowest BCUT2D eigenvalue weighted by atomic mass is 10.1. The van der Waals surface area contributed by atoms with Crippen LogP contribution in [0.3, 0.4) is 0 Å². The number of sulfonamides is 1. The van der Waals surface area contributed by atoms with Gasteiger partial charge in [0.25, 0.3) is 10.0 Å². The zero-order chi connectivity index (χ0) is 18.5. The van der Waals surface area contributed by atoms with Gasteiger partial charge in [-0.05, 0) is 68.1 Å². The first-order valence-corrected chi connectivity index (χ1v) is 10.1. The fourth-order valence-electron chi connectivity index (χ4n) is 3.40. The summed E-state index contributed by atoms with van der Waals surface area (Å²) in [4.78, 5) is 14.4. The van der Waals surface area contributed by atoms with E-state index in [1.165, 1.54) is 24.3 Å². The monoisotopic (exact) mass is 374 g/mol. The lowest BCUT2D eigenvalue weighted by Gasteiger charge is -2.22. The van der Waals surface area contributed by atoms with E-state index in [0.29, 0.717) is 6.42 Å². The van der Waals surface area contributed by atoms with Crippen LogP contribution in [0.2, 0.25) is 0 Å². The quantitative estimate of drug-likeness (QED) is 0.893. The van der Waals surface area contributed by atoms with Crippen LogP contribution < -0.4 is 9.62 Å². The zero-order valence-electron chi connectivity index (χ0n) is 14.3. The molecule has 1 aliphatic carbocycles. The normalized spacial score (nSPS) is 19.3. The van der Waals surface area contributed by atoms with Crippen LogP contribution in [0.5, 0.6) is 0 Å². The van der Waals surface area contributed by atoms with Crippen LogP contribution in [0.15, 0.2) is 47.4 Å². The summed E-state index contributed by atoms with van der Waals surface area (Å²) >= 11 is 0. The summed E-state index contributed by atoms with van der Waals surface area (Å²) < 4.78 is 40.9. The highest BCUT2D eigenvalue weighted by Gasteiger charge is 2.39. The number of nitrogens with one attached hydrogen (secondary N) is 1. The van der Waals surface area contributed by atoms with Gasteiger partial charge >= 0.3 is 0 Å². The third-order valence-corrected chi connectivity index (χ3v) is 6.20. The van der Waals surface area contributed by atoms with E-state index in [4.69, 9.17) is 0 Å². The van der Waals surface area contributed by atoms with E-state index in [1.807, 2.05) is 6.92 Å². The predicted molar refractivity (Wildman–Crippen MR) is 97.0 cm³/mol. The standard InChI is InChI=1S/C19H19FN2O3S/c1-12-9-14-10-17(7-8-18(14)22(12)19(23)13-5-6-13)26(24,25)21-16-4-2-3-15(20)11-16/h2-4,7-8,10-13,21H,5-6,9H2,1H3/t12-/m0/s1. The first-order chi connectivity index (χ1) is 12.3. The lowest BCUT2D eigenvalue weighted by Crippen LogP contribution is -2.36. The van der Waals surface area contributed by atoms with Crippen LogP contribution in [0, 0.1) is 11.7 Å². The number of fused-ring (bicyclic) bond motifs is 1. The fraction of sp³-hybridized carbons (Fsp3) is 0.316. The molecule has 7 heteroatoms. The summed E-state index contributed by atoms with van der Waals surface area (Å²) in [5.41, 5.74) is 1.80. The summed E-state index contributed by atoms with van der Waals surface area (Å²) in [6.07, 6.45) is 2.49. The Hall–Kier alpha value is -2.41. The first kappa shape index (κ1) is 17.0. The van der Waals surface area contributed by atoms with Crippen LogP contribution in [0.1, 0.15) is 25.3 Å². The molecule has 136 valence electrons. The molecule has 4 rings (SSSR count). The SMILES string of the molecule is C[C@H]1Cc2cc(S(=O)(=O)Nc3cccc(F)c3)ccc2N1C(=O)C1CC1. The van der Waals surface area contributed by atoms with Crippen LogP contribution in [-0.2, 0) is 21.2 Å². The van der Waals surface area contributed by atoms with Gasteiger partial charge in [0, 0.05) is 17.6 Å². The van der Waals surface area contributed by atoms with Crippen molar-refractivity contribution in [1.82, 2.24) is 0 Å². The van der Waals surface area contributed by atoms with Crippen LogP contribution in [0.4, 0.5) is 15.8 Å². The van der Waals surface area contributed by atoms with Gasteiger partial charge in [-0.2, -0.15) is 0 Å². The average molecular weight is 374 g/mol. The zero-order valence-corrected chi connectivity index (χ0v) is 15.1. The molecule has 0 aromatic heterocycles. The average Bonchev–Trinajstić information content (AvgIpc) is 3.36. The van der Waals surface area contributed by atoms with Gasteiger partial charge in [0.15, 0.2) is 0 Å². The molecule has 1 saturated carbocycles. The van der Waals surface area contributed by atoms with Crippen molar-refractivity contribution in [1.29, 1.82) is 0 Å². The number of rotatable bonds is 4. The van der Waals surface area contributed by atoms with Gasteiger partial charge in [0.1, 0.15) is 5.82 Å². The molecular weight excluding hydrogens is 355 g/mol. The number of nitrogens with zero attached hydrogens (tertiary/aromatic N) is 1. The fourth-order valence-corrected chi connectivity index (χ4v) is 4.50. The number of benzene rings is 2. The molecule has 0 radical (unpaired) electrons. The van der Waals surface area contributed by atoms with Crippen molar-refractivity contribution in [3.63, 3.8) is 0 Å². The van der Waals surface area contributed by atoms with Crippen LogP contribution in [0.25, 0.3) is 0 Å². The second-order valence-corrected chi connectivity index (χ2v) is 8.62. The van der Waals surface area contributed by atoms with Gasteiger partial charge in [-0.15, -0.1) is 0 Å². The molecular formula is C19H19FN2O3S. The largest absolute Gasteiger partial charge is 0.309 e. The number of amides is 1. The van der Waals surface area contributed by atoms with Crippen molar-refractivity contribution in [3.8, 4) is 0 Å². The van der Waals surface area contributed by atoms with Crippen molar-refractivity contribution in [2.75, 3.05) is 9.62 Å². The Balaban J connectivity index is 1.63. The van der Waals surface area contributed by atoms with E-state index in [9.17, 15) is 17.6 Å². The number of anilines is 2. The Morgan fingerprint density at radius 1 is 1.19 bits per heavy atom. The number of carbonyl (C=O) groups excluding carboxylic acids is 1. The van der Waals surface area contributed by atoms with Crippen molar-refractivity contribution < 1.29 is 17.6 Å². The van der Waals surface area contributed by atoms with Gasteiger partial charge in [-0.25, -0.2) is 12.8 Å². The number of carbonyl (C=O) groups is 1. The van der Waals surface area contributed by atoms with Gasteiger partial charge in [-0.1, -0.05) is 6.07 Å². The molecule has 5 nitrogen and oxygen atoms in total. The third-order valence-electron chi connectivity index (χ3n) is 4.82. The number of hydrogen-bond acceptors (Lipinski definition) is 3. The van der Waals surface area contributed by atoms with Gasteiger partial charge in [0.05, 0.1) is 10.6 Å². The lowest BCUT2D eigenvalue weighted by molar-refractivity contribution is -0.120. The Kier molecular flexibility index (Phi) is 3.99. The maximum absolute atomic E-state index is 13.3. The summed E-state index contributed by atoms with van der Waals surface area (Å²) in [5.74, 6) is -0.270. The van der Waals surface area contributed by atoms with Crippen molar-refractivity contribution in [2.24, 2.45) is 5.92 Å². The molecule has 1 heterocycles. The molecule has 1 fully saturated rings. The molecule has 1 aliphatic heterocycles. The van der Waals surface area contributed by atoms with Crippen molar-refractivity contribution >= 4 is 27.3 Å². The highest BCUT2D eigenvalue weighted by atomic mass is 32.2. The Bertz CT molecular complexity index is 986. The summed E-state index contributed by atoms with van der Waals surface area (Å²) in [5, 5.41) is 0. The highest BCUT2D eigenvalue weighted by molar-refractivity contribution is 7.92. The summed E-state index contributed by atoms with van der Waals surface area (Å²) in [6.45, 7) is 1.97. The molecule has 0 bridgehead atoms. The summed E-state index contributed by atoms with van der Waals surface area (Å²) in [7, 11) is -3.83. The second-order valence-electron chi connectivity index (χ2n) is 6.94. The minimum atomic E-state index is -3.83. The topological polar surface area (TPSA) is 66.5 Å². The Morgan fingerprint density at radius 3 is 2.65 bits per heavy atom. The maximum Gasteiger partial charge on any atom is 0.261 e. The van der Waals surface area contributed by atoms with Crippen molar-refractivity contribution in [3.05, 3.63) is 53.8 Å². The smallest absolute Gasteiger partial charge is 0.261 e. The van der Waals surface area contributed by atoms with Crippen LogP contribution in [-0.4, -0.2) is 20.4 Å². The molecule has 0 spiro atoms. The predicted octanol–water partition coefficient (Wildman–Crippen LogP) is 3.31. The second kappa shape index (κ2) is 6.09. The molecule has 2 aromatic rings. The van der Waals surface area contributed by atoms with E-state index in [2.05, 4.69) is 4.72 Å². The number of halogens is 1. The minimum Gasteiger partial charge on any atom is -0.309 e.